The van der Waals surface area contributed by atoms with Crippen LogP contribution in [-0.4, -0.2) is 20.1 Å². The fourth-order valence-electron chi connectivity index (χ4n) is 7.30. The number of rotatable bonds is 5. The molecule has 3 aromatic rings. The molecule has 2 nitrogen and oxygen atoms in total. The minimum absolute atomic E-state index is 0. The Balaban J connectivity index is 0.00000353. The topological polar surface area (TPSA) is 7.68 Å². The maximum atomic E-state index is 2.50. The normalized spacial score (nSPS) is 24.3. The lowest BCUT2D eigenvalue weighted by molar-refractivity contribution is -0.828. The van der Waals surface area contributed by atoms with Gasteiger partial charge in [0.05, 0.1) is 12.5 Å². The molecule has 2 unspecified atom stereocenters. The number of halogens is 1. The molecule has 2 heterocycles. The van der Waals surface area contributed by atoms with E-state index in [2.05, 4.69) is 150 Å². The van der Waals surface area contributed by atoms with E-state index in [-0.39, 0.29) is 23.2 Å². The molecule has 42 heavy (non-hydrogen) atoms. The number of anilines is 1. The molecule has 0 bridgehead atoms. The van der Waals surface area contributed by atoms with Gasteiger partial charge in [0.25, 0.3) is 0 Å². The zero-order valence-electron chi connectivity index (χ0n) is 25.7. The molecule has 6 rings (SSSR count). The average molecular weight is 595 g/mol. The van der Waals surface area contributed by atoms with Gasteiger partial charge >= 0.3 is 0 Å². The molecule has 1 N–H and O–H groups in total. The van der Waals surface area contributed by atoms with E-state index in [0.717, 1.165) is 12.8 Å². The van der Waals surface area contributed by atoms with Crippen LogP contribution in [0.5, 0.6) is 0 Å². The highest BCUT2D eigenvalue weighted by atomic mass is 35.5. The lowest BCUT2D eigenvalue weighted by atomic mass is 9.80. The molecule has 0 spiro atoms. The summed E-state index contributed by atoms with van der Waals surface area (Å²) >= 11 is 1.93. The number of likely N-dealkylation sites (N-methyl/N-ethyl adjacent to an activating group) is 2. The summed E-state index contributed by atoms with van der Waals surface area (Å²) in [6, 6.07) is 29.1. The van der Waals surface area contributed by atoms with Gasteiger partial charge in [0.15, 0.2) is 0 Å². The van der Waals surface area contributed by atoms with E-state index >= 15 is 0 Å². The zero-order valence-corrected chi connectivity index (χ0v) is 27.3. The second kappa shape index (κ2) is 12.0. The Morgan fingerprint density at radius 1 is 0.833 bits per heavy atom. The van der Waals surface area contributed by atoms with Gasteiger partial charge in [0, 0.05) is 39.2 Å². The standard InChI is InChI=1S/C38H42N2S.ClH/c1-37(2)30-19-10-12-21-32(30)39(5)34(37)25-23-27-15-14-16-28(36(27)41-29-17-8-7-9-18-29)24-26-35-38(3,4)31-20-11-13-22-33(31)40(35)6;/h7-13,17-26,34H,14-16H2,1-6H3;1H/b25-23+,28-24+,35-26+;. The predicted octanol–water partition coefficient (Wildman–Crippen LogP) is 5.52. The van der Waals surface area contributed by atoms with Crippen LogP contribution in [0.4, 0.5) is 11.4 Å². The number of nitrogens with one attached hydrogen (secondary N) is 1. The maximum Gasteiger partial charge on any atom is 0.135 e. The molecule has 0 radical (unpaired) electrons. The summed E-state index contributed by atoms with van der Waals surface area (Å²) in [4.78, 5) is 6.60. The number of benzene rings is 3. The quantitative estimate of drug-likeness (QED) is 0.416. The average Bonchev–Trinajstić information content (AvgIpc) is 3.29. The first-order valence-electron chi connectivity index (χ1n) is 15.0. The van der Waals surface area contributed by atoms with Crippen molar-refractivity contribution in [3.05, 3.63) is 136 Å². The van der Waals surface area contributed by atoms with E-state index < -0.39 is 0 Å². The van der Waals surface area contributed by atoms with Crippen LogP contribution in [-0.2, 0) is 10.8 Å². The number of nitrogens with zero attached hydrogens (tertiary/aromatic N) is 1. The first-order chi connectivity index (χ1) is 19.7. The van der Waals surface area contributed by atoms with Crippen LogP contribution in [0.3, 0.4) is 0 Å². The lowest BCUT2D eigenvalue weighted by Crippen LogP contribution is -3.07. The fraction of sp³-hybridized carbons (Fsp3) is 0.316. The van der Waals surface area contributed by atoms with Crippen LogP contribution in [0.25, 0.3) is 0 Å². The molecule has 0 saturated heterocycles. The third-order valence-corrected chi connectivity index (χ3v) is 10.8. The van der Waals surface area contributed by atoms with Gasteiger partial charge in [-0.2, -0.15) is 0 Å². The molecule has 2 aliphatic heterocycles. The van der Waals surface area contributed by atoms with E-state index in [1.54, 1.807) is 0 Å². The van der Waals surface area contributed by atoms with Gasteiger partial charge in [0.1, 0.15) is 11.7 Å². The minimum Gasteiger partial charge on any atom is -1.00 e. The van der Waals surface area contributed by atoms with Crippen LogP contribution < -0.4 is 22.2 Å². The van der Waals surface area contributed by atoms with Crippen LogP contribution in [0.15, 0.2) is 130 Å². The van der Waals surface area contributed by atoms with Crippen molar-refractivity contribution >= 4 is 23.1 Å². The van der Waals surface area contributed by atoms with Gasteiger partial charge in [-0.25, -0.2) is 0 Å². The predicted molar refractivity (Wildman–Crippen MR) is 176 cm³/mol. The highest BCUT2D eigenvalue weighted by molar-refractivity contribution is 8.03. The highest BCUT2D eigenvalue weighted by Crippen LogP contribution is 2.47. The molecule has 4 heteroatoms. The lowest BCUT2D eigenvalue weighted by Gasteiger charge is -2.26. The number of quaternary nitrogens is 1. The number of allylic oxidation sites excluding steroid dienone is 6. The number of fused-ring (bicyclic) bond motifs is 2. The Kier molecular flexibility index (Phi) is 8.67. The summed E-state index contributed by atoms with van der Waals surface area (Å²) in [6.45, 7) is 9.51. The van der Waals surface area contributed by atoms with Gasteiger partial charge in [0.2, 0.25) is 0 Å². The Morgan fingerprint density at radius 3 is 2.21 bits per heavy atom. The largest absolute Gasteiger partial charge is 1.00 e. The first-order valence-corrected chi connectivity index (χ1v) is 15.8. The number of hydrogen-bond acceptors (Lipinski definition) is 2. The van der Waals surface area contributed by atoms with Gasteiger partial charge in [-0.3, -0.25) is 4.90 Å². The molecule has 0 aromatic heterocycles. The van der Waals surface area contributed by atoms with Crippen molar-refractivity contribution in [1.82, 2.24) is 0 Å². The van der Waals surface area contributed by atoms with Crippen molar-refractivity contribution < 1.29 is 17.3 Å². The summed E-state index contributed by atoms with van der Waals surface area (Å²) in [5.41, 5.74) is 9.97. The van der Waals surface area contributed by atoms with Crippen LogP contribution in [0, 0.1) is 0 Å². The molecule has 1 aliphatic carbocycles. The van der Waals surface area contributed by atoms with Crippen molar-refractivity contribution in [1.29, 1.82) is 0 Å². The molecule has 0 fully saturated rings. The van der Waals surface area contributed by atoms with E-state index in [4.69, 9.17) is 0 Å². The molecule has 3 aromatic carbocycles. The third kappa shape index (κ3) is 5.32. The summed E-state index contributed by atoms with van der Waals surface area (Å²) in [6.07, 6.45) is 13.2. The van der Waals surface area contributed by atoms with E-state index in [9.17, 15) is 0 Å². The number of thioether (sulfide) groups is 1. The van der Waals surface area contributed by atoms with E-state index in [0.29, 0.717) is 6.04 Å². The molecule has 218 valence electrons. The van der Waals surface area contributed by atoms with Gasteiger partial charge in [-0.05, 0) is 86.2 Å². The molecular weight excluding hydrogens is 552 g/mol. The summed E-state index contributed by atoms with van der Waals surface area (Å²) in [5.74, 6) is 0. The molecular formula is C38H43ClN2S. The van der Waals surface area contributed by atoms with Crippen molar-refractivity contribution in [2.24, 2.45) is 0 Å². The van der Waals surface area contributed by atoms with Crippen molar-refractivity contribution in [3.8, 4) is 0 Å². The monoisotopic (exact) mass is 594 g/mol. The van der Waals surface area contributed by atoms with Crippen molar-refractivity contribution in [2.75, 3.05) is 19.0 Å². The summed E-state index contributed by atoms with van der Waals surface area (Å²) in [5, 5.41) is 0. The smallest absolute Gasteiger partial charge is 0.135 e. The van der Waals surface area contributed by atoms with Crippen molar-refractivity contribution in [2.45, 2.75) is 68.7 Å². The summed E-state index contributed by atoms with van der Waals surface area (Å²) < 4.78 is 0. The second-order valence-corrected chi connectivity index (χ2v) is 13.9. The summed E-state index contributed by atoms with van der Waals surface area (Å²) in [7, 11) is 4.54. The first kappa shape index (κ1) is 30.5. The Hall–Kier alpha value is -2.98. The second-order valence-electron chi connectivity index (χ2n) is 12.9. The molecule has 2 atom stereocenters. The van der Waals surface area contributed by atoms with Gasteiger partial charge in [-0.15, -0.1) is 0 Å². The highest BCUT2D eigenvalue weighted by Gasteiger charge is 2.46. The number of hydrogen-bond donors (Lipinski definition) is 1. The van der Waals surface area contributed by atoms with Crippen LogP contribution in [0.1, 0.15) is 58.1 Å². The third-order valence-electron chi connectivity index (χ3n) is 9.60. The minimum atomic E-state index is -0.0212. The Labute approximate surface area is 263 Å². The van der Waals surface area contributed by atoms with E-state index in [1.165, 1.54) is 60.5 Å². The van der Waals surface area contributed by atoms with Crippen molar-refractivity contribution in [3.63, 3.8) is 0 Å². The molecule has 0 amide bonds. The molecule has 3 aliphatic rings. The SMILES string of the molecule is CN1/C(=C/C=C2\CCCC(/C=C/C3[NH+](C)c4ccccc4C3(C)C)=C2Sc2ccccc2)C(C)(C)c2ccccc21.[Cl-]. The zero-order chi connectivity index (χ0) is 28.8. The van der Waals surface area contributed by atoms with Crippen LogP contribution in [0.2, 0.25) is 0 Å². The molecule has 0 saturated carbocycles. The maximum absolute atomic E-state index is 2.50. The van der Waals surface area contributed by atoms with Gasteiger partial charge in [-0.1, -0.05) is 92.4 Å². The van der Waals surface area contributed by atoms with Gasteiger partial charge < -0.3 is 17.3 Å². The fourth-order valence-corrected chi connectivity index (χ4v) is 8.43. The Morgan fingerprint density at radius 2 is 1.50 bits per heavy atom. The van der Waals surface area contributed by atoms with Crippen LogP contribution >= 0.6 is 11.8 Å². The van der Waals surface area contributed by atoms with E-state index in [1.807, 2.05) is 11.8 Å². The number of para-hydroxylation sites is 2. The Bertz CT molecular complexity index is 1580.